The number of hydrazone groups is 1. The van der Waals surface area contributed by atoms with E-state index >= 15 is 0 Å². The maximum Gasteiger partial charge on any atom is 0.240 e. The van der Waals surface area contributed by atoms with E-state index in [1.807, 2.05) is 13.8 Å². The molecule has 0 aliphatic heterocycles. The zero-order valence-corrected chi connectivity index (χ0v) is 11.2. The summed E-state index contributed by atoms with van der Waals surface area (Å²) < 4.78 is 0. The van der Waals surface area contributed by atoms with Gasteiger partial charge in [0.15, 0.2) is 0 Å². The van der Waals surface area contributed by atoms with Gasteiger partial charge in [0.25, 0.3) is 0 Å². The number of hydrogen-bond donors (Lipinski definition) is 1. The van der Waals surface area contributed by atoms with Gasteiger partial charge in [-0.2, -0.15) is 5.10 Å². The molecule has 0 bridgehead atoms. The summed E-state index contributed by atoms with van der Waals surface area (Å²) in [7, 11) is 0. The summed E-state index contributed by atoms with van der Waals surface area (Å²) in [6.45, 7) is 3.94. The van der Waals surface area contributed by atoms with Crippen LogP contribution in [0.3, 0.4) is 0 Å². The van der Waals surface area contributed by atoms with Crippen LogP contribution in [-0.2, 0) is 4.79 Å². The van der Waals surface area contributed by atoms with Crippen molar-refractivity contribution in [3.8, 4) is 0 Å². The van der Waals surface area contributed by atoms with Gasteiger partial charge >= 0.3 is 0 Å². The largest absolute Gasteiger partial charge is 0.273 e. The molecule has 0 unspecified atom stereocenters. The average molecular weight is 273 g/mol. The predicted octanol–water partition coefficient (Wildman–Crippen LogP) is 3.49. The number of benzene rings is 1. The molecule has 3 nitrogen and oxygen atoms in total. The van der Waals surface area contributed by atoms with E-state index in [2.05, 4.69) is 10.5 Å². The standard InChI is InChI=1S/C12H14Cl2N2O/c1-8(2)6-11(17)16-15-7-9-4-3-5-10(13)12(9)14/h3-5,7-8H,6H2,1-2H3,(H,16,17)/b15-7-. The van der Waals surface area contributed by atoms with Crippen molar-refractivity contribution in [2.75, 3.05) is 0 Å². The fourth-order valence-electron chi connectivity index (χ4n) is 1.21. The minimum absolute atomic E-state index is 0.116. The quantitative estimate of drug-likeness (QED) is 0.662. The van der Waals surface area contributed by atoms with Crippen molar-refractivity contribution < 1.29 is 4.79 Å². The van der Waals surface area contributed by atoms with Crippen LogP contribution in [0.25, 0.3) is 0 Å². The Bertz CT molecular complexity index is 431. The summed E-state index contributed by atoms with van der Waals surface area (Å²) >= 11 is 11.8. The Morgan fingerprint density at radius 1 is 1.47 bits per heavy atom. The third-order valence-corrected chi connectivity index (χ3v) is 2.80. The molecular formula is C12H14Cl2N2O. The Kier molecular flexibility index (Phi) is 5.45. The molecule has 1 amide bonds. The van der Waals surface area contributed by atoms with E-state index in [1.54, 1.807) is 18.2 Å². The van der Waals surface area contributed by atoms with Gasteiger partial charge in [-0.1, -0.05) is 49.2 Å². The van der Waals surface area contributed by atoms with Crippen LogP contribution < -0.4 is 5.43 Å². The smallest absolute Gasteiger partial charge is 0.240 e. The number of nitrogens with zero attached hydrogens (tertiary/aromatic N) is 1. The van der Waals surface area contributed by atoms with Gasteiger partial charge in [-0.3, -0.25) is 4.79 Å². The Labute approximate surface area is 111 Å². The molecule has 0 aliphatic carbocycles. The number of rotatable bonds is 4. The lowest BCUT2D eigenvalue weighted by Crippen LogP contribution is -2.19. The first-order valence-corrected chi connectivity index (χ1v) is 6.02. The summed E-state index contributed by atoms with van der Waals surface area (Å²) in [6.07, 6.45) is 1.92. The van der Waals surface area contributed by atoms with E-state index in [4.69, 9.17) is 23.2 Å². The molecule has 0 radical (unpaired) electrons. The molecule has 0 aliphatic rings. The summed E-state index contributed by atoms with van der Waals surface area (Å²) in [6, 6.07) is 5.23. The molecule has 1 rings (SSSR count). The molecule has 17 heavy (non-hydrogen) atoms. The van der Waals surface area contributed by atoms with Crippen molar-refractivity contribution in [2.24, 2.45) is 11.0 Å². The van der Waals surface area contributed by atoms with Crippen molar-refractivity contribution in [3.05, 3.63) is 33.8 Å². The summed E-state index contributed by atoms with van der Waals surface area (Å²) in [5.74, 6) is 0.189. The van der Waals surface area contributed by atoms with Gasteiger partial charge < -0.3 is 0 Å². The Hall–Kier alpha value is -1.06. The molecule has 1 aromatic rings. The van der Waals surface area contributed by atoms with Crippen LogP contribution in [0.2, 0.25) is 10.0 Å². The molecule has 0 saturated carbocycles. The lowest BCUT2D eigenvalue weighted by molar-refractivity contribution is -0.121. The highest BCUT2D eigenvalue weighted by atomic mass is 35.5. The molecule has 5 heteroatoms. The predicted molar refractivity (Wildman–Crippen MR) is 71.7 cm³/mol. The highest BCUT2D eigenvalue weighted by molar-refractivity contribution is 6.43. The highest BCUT2D eigenvalue weighted by Crippen LogP contribution is 2.23. The van der Waals surface area contributed by atoms with Gasteiger partial charge in [-0.15, -0.1) is 0 Å². The molecular weight excluding hydrogens is 259 g/mol. The molecule has 1 N–H and O–H groups in total. The Morgan fingerprint density at radius 2 is 2.18 bits per heavy atom. The van der Waals surface area contributed by atoms with Gasteiger partial charge in [0.1, 0.15) is 0 Å². The zero-order valence-electron chi connectivity index (χ0n) is 9.71. The first-order valence-electron chi connectivity index (χ1n) is 5.26. The van der Waals surface area contributed by atoms with Crippen LogP contribution >= 0.6 is 23.2 Å². The van der Waals surface area contributed by atoms with E-state index in [0.717, 1.165) is 0 Å². The molecule has 0 spiro atoms. The normalized spacial score (nSPS) is 11.1. The molecule has 0 fully saturated rings. The van der Waals surface area contributed by atoms with Crippen molar-refractivity contribution in [2.45, 2.75) is 20.3 Å². The summed E-state index contributed by atoms with van der Waals surface area (Å²) in [4.78, 5) is 11.3. The lowest BCUT2D eigenvalue weighted by atomic mass is 10.1. The Balaban J connectivity index is 2.60. The molecule has 0 atom stereocenters. The number of halogens is 2. The van der Waals surface area contributed by atoms with Crippen LogP contribution in [0.4, 0.5) is 0 Å². The van der Waals surface area contributed by atoms with Gasteiger partial charge in [0.05, 0.1) is 16.3 Å². The van der Waals surface area contributed by atoms with Crippen molar-refractivity contribution in [3.63, 3.8) is 0 Å². The van der Waals surface area contributed by atoms with Crippen LogP contribution in [0.1, 0.15) is 25.8 Å². The topological polar surface area (TPSA) is 41.5 Å². The molecule has 92 valence electrons. The first kappa shape index (κ1) is 14.0. The number of amides is 1. The second-order valence-corrected chi connectivity index (χ2v) is 4.82. The number of carbonyl (C=O) groups is 1. The second kappa shape index (κ2) is 6.62. The summed E-state index contributed by atoms with van der Waals surface area (Å²) in [5, 5.41) is 4.72. The molecule has 1 aromatic carbocycles. The van der Waals surface area contributed by atoms with Gasteiger partial charge in [0.2, 0.25) is 5.91 Å². The Morgan fingerprint density at radius 3 is 2.82 bits per heavy atom. The maximum atomic E-state index is 11.3. The molecule has 0 aromatic heterocycles. The minimum Gasteiger partial charge on any atom is -0.273 e. The zero-order chi connectivity index (χ0) is 12.8. The van der Waals surface area contributed by atoms with E-state index in [-0.39, 0.29) is 5.91 Å². The van der Waals surface area contributed by atoms with Crippen LogP contribution in [0.15, 0.2) is 23.3 Å². The third-order valence-electron chi connectivity index (χ3n) is 1.97. The number of hydrogen-bond acceptors (Lipinski definition) is 2. The lowest BCUT2D eigenvalue weighted by Gasteiger charge is -2.02. The van der Waals surface area contributed by atoms with Crippen LogP contribution in [-0.4, -0.2) is 12.1 Å². The van der Waals surface area contributed by atoms with Gasteiger partial charge in [-0.05, 0) is 12.0 Å². The maximum absolute atomic E-state index is 11.3. The van der Waals surface area contributed by atoms with Crippen LogP contribution in [0.5, 0.6) is 0 Å². The van der Waals surface area contributed by atoms with Crippen molar-refractivity contribution in [1.29, 1.82) is 0 Å². The first-order chi connectivity index (χ1) is 8.00. The van der Waals surface area contributed by atoms with E-state index in [9.17, 15) is 4.79 Å². The second-order valence-electron chi connectivity index (χ2n) is 4.03. The fourth-order valence-corrected chi connectivity index (χ4v) is 1.57. The van der Waals surface area contributed by atoms with Crippen molar-refractivity contribution in [1.82, 2.24) is 5.43 Å². The molecule has 0 saturated heterocycles. The number of carbonyl (C=O) groups excluding carboxylic acids is 1. The highest BCUT2D eigenvalue weighted by Gasteiger charge is 2.03. The van der Waals surface area contributed by atoms with Crippen molar-refractivity contribution >= 4 is 35.3 Å². The minimum atomic E-state index is -0.116. The molecule has 0 heterocycles. The van der Waals surface area contributed by atoms with E-state index < -0.39 is 0 Å². The fraction of sp³-hybridized carbons (Fsp3) is 0.333. The monoisotopic (exact) mass is 272 g/mol. The van der Waals surface area contributed by atoms with Gasteiger partial charge in [-0.25, -0.2) is 5.43 Å². The number of nitrogens with one attached hydrogen (secondary N) is 1. The average Bonchev–Trinajstić information content (AvgIpc) is 2.23. The van der Waals surface area contributed by atoms with Crippen LogP contribution in [0, 0.1) is 5.92 Å². The summed E-state index contributed by atoms with van der Waals surface area (Å²) in [5.41, 5.74) is 3.11. The third kappa shape index (κ3) is 4.75. The SMILES string of the molecule is CC(C)CC(=O)N/N=C\c1cccc(Cl)c1Cl. The van der Waals surface area contributed by atoms with E-state index in [0.29, 0.717) is 27.9 Å². The van der Waals surface area contributed by atoms with E-state index in [1.165, 1.54) is 6.21 Å². The van der Waals surface area contributed by atoms with Gasteiger partial charge in [0, 0.05) is 12.0 Å².